The molecule has 4 heteroatoms. The van der Waals surface area contributed by atoms with Crippen LogP contribution in [0.2, 0.25) is 0 Å². The number of hydrogen-bond donors (Lipinski definition) is 1. The Hall–Kier alpha value is -1.56. The number of hydrogen-bond acceptors (Lipinski definition) is 3. The molecule has 1 N–H and O–H groups in total. The molecule has 0 aliphatic heterocycles. The van der Waals surface area contributed by atoms with Crippen LogP contribution in [-0.4, -0.2) is 11.1 Å². The monoisotopic (exact) mass is 464 g/mol. The largest absolute Gasteiger partial charge is 0.507 e. The number of benzene rings is 2. The summed E-state index contributed by atoms with van der Waals surface area (Å²) in [5, 5.41) is 10.2. The van der Waals surface area contributed by atoms with Gasteiger partial charge in [-0.05, 0) is 96.0 Å². The molecular weight excluding hydrogens is 439 g/mol. The minimum Gasteiger partial charge on any atom is -0.507 e. The van der Waals surface area contributed by atoms with Crippen LogP contribution in [0.1, 0.15) is 73.4 Å². The van der Waals surface area contributed by atoms with E-state index in [-0.39, 0.29) is 11.3 Å². The van der Waals surface area contributed by atoms with Crippen LogP contribution in [0.25, 0.3) is 0 Å². The first-order valence-electron chi connectivity index (χ1n) is 9.27. The number of carbonyl (C=O) groups excluding carboxylic acids is 1. The Balaban J connectivity index is 1.91. The lowest BCUT2D eigenvalue weighted by Gasteiger charge is -2.30. The van der Waals surface area contributed by atoms with Crippen molar-refractivity contribution in [1.29, 1.82) is 0 Å². The van der Waals surface area contributed by atoms with E-state index in [2.05, 4.69) is 48.6 Å². The van der Waals surface area contributed by atoms with Gasteiger partial charge in [0.05, 0.1) is 0 Å². The normalized spacial score (nSPS) is 17.0. The van der Waals surface area contributed by atoms with Crippen molar-refractivity contribution in [2.45, 2.75) is 57.5 Å². The average molecular weight is 464 g/mol. The molecule has 0 saturated heterocycles. The third-order valence-corrected chi connectivity index (χ3v) is 6.21. The first-order valence-corrected chi connectivity index (χ1v) is 10.4. The van der Waals surface area contributed by atoms with Crippen molar-refractivity contribution in [3.8, 4) is 5.75 Å². The summed E-state index contributed by atoms with van der Waals surface area (Å²) in [6, 6.07) is 13.5. The molecule has 1 fully saturated rings. The number of rotatable bonds is 5. The second-order valence-corrected chi connectivity index (χ2v) is 8.43. The van der Waals surface area contributed by atoms with E-state index in [1.807, 2.05) is 18.2 Å². The van der Waals surface area contributed by atoms with Crippen molar-refractivity contribution in [1.82, 2.24) is 0 Å². The lowest BCUT2D eigenvalue weighted by molar-refractivity contribution is -0.0186. The summed E-state index contributed by atoms with van der Waals surface area (Å²) in [5.41, 5.74) is 1.77. The zero-order valence-corrected chi connectivity index (χ0v) is 17.5. The number of phenols is 1. The smallest absolute Gasteiger partial charge is 0.342 e. The molecule has 0 amide bonds. The van der Waals surface area contributed by atoms with Gasteiger partial charge in [-0.25, -0.2) is 4.79 Å². The molecule has 138 valence electrons. The number of halogens is 1. The quantitative estimate of drug-likeness (QED) is 0.428. The Morgan fingerprint density at radius 1 is 1.19 bits per heavy atom. The third-order valence-electron chi connectivity index (χ3n) is 5.49. The van der Waals surface area contributed by atoms with E-state index < -0.39 is 11.6 Å². The number of ether oxygens (including phenoxy) is 1. The predicted molar refractivity (Wildman–Crippen MR) is 112 cm³/mol. The number of esters is 1. The minimum atomic E-state index is -0.583. The standard InChI is InChI=1S/C22H25IO3/c1-3-15(2)16-6-11-20(24)19(14-16)21(25)26-22(12-4-5-13-22)17-7-9-18(23)10-8-17/h6-11,14-15,24H,3-5,12-13H2,1-2H3/t15-/m1/s1. The summed E-state index contributed by atoms with van der Waals surface area (Å²) in [5.74, 6) is -0.121. The number of aromatic hydroxyl groups is 1. The van der Waals surface area contributed by atoms with E-state index in [1.165, 1.54) is 0 Å². The number of carbonyl (C=O) groups is 1. The second-order valence-electron chi connectivity index (χ2n) is 7.18. The van der Waals surface area contributed by atoms with Gasteiger partial charge in [0.1, 0.15) is 16.9 Å². The van der Waals surface area contributed by atoms with Crippen LogP contribution >= 0.6 is 22.6 Å². The van der Waals surface area contributed by atoms with Gasteiger partial charge in [-0.3, -0.25) is 0 Å². The Kier molecular flexibility index (Phi) is 5.90. The van der Waals surface area contributed by atoms with Gasteiger partial charge < -0.3 is 9.84 Å². The lowest BCUT2D eigenvalue weighted by Crippen LogP contribution is -2.29. The summed E-state index contributed by atoms with van der Waals surface area (Å²) < 4.78 is 7.22. The highest BCUT2D eigenvalue weighted by Crippen LogP contribution is 2.43. The lowest BCUT2D eigenvalue weighted by atomic mass is 9.91. The number of phenolic OH excluding ortho intramolecular Hbond substituents is 1. The van der Waals surface area contributed by atoms with Gasteiger partial charge in [0.2, 0.25) is 0 Å². The van der Waals surface area contributed by atoms with Crippen molar-refractivity contribution in [2.24, 2.45) is 0 Å². The van der Waals surface area contributed by atoms with Gasteiger partial charge in [0, 0.05) is 3.57 Å². The van der Waals surface area contributed by atoms with Gasteiger partial charge in [-0.15, -0.1) is 0 Å². The van der Waals surface area contributed by atoms with Gasteiger partial charge in [-0.1, -0.05) is 32.0 Å². The third kappa shape index (κ3) is 3.90. The summed E-state index contributed by atoms with van der Waals surface area (Å²) in [4.78, 5) is 12.9. The van der Waals surface area contributed by atoms with Crippen molar-refractivity contribution in [3.05, 3.63) is 62.7 Å². The van der Waals surface area contributed by atoms with Gasteiger partial charge in [0.25, 0.3) is 0 Å². The SMILES string of the molecule is CC[C@@H](C)c1ccc(O)c(C(=O)OC2(c3ccc(I)cc3)CCCC2)c1. The van der Waals surface area contributed by atoms with E-state index in [0.29, 0.717) is 5.92 Å². The van der Waals surface area contributed by atoms with E-state index in [4.69, 9.17) is 4.74 Å². The molecule has 1 atom stereocenters. The first kappa shape index (κ1) is 19.2. The first-order chi connectivity index (χ1) is 12.4. The Labute approximate surface area is 168 Å². The molecule has 1 aliphatic rings. The van der Waals surface area contributed by atoms with Crippen molar-refractivity contribution >= 4 is 28.6 Å². The molecule has 0 unspecified atom stereocenters. The van der Waals surface area contributed by atoms with Crippen LogP contribution in [-0.2, 0) is 10.3 Å². The molecule has 0 aromatic heterocycles. The second kappa shape index (κ2) is 7.99. The van der Waals surface area contributed by atoms with Gasteiger partial charge in [-0.2, -0.15) is 0 Å². The minimum absolute atomic E-state index is 0.0159. The predicted octanol–water partition coefficient (Wildman–Crippen LogP) is 6.14. The molecule has 2 aromatic rings. The topological polar surface area (TPSA) is 46.5 Å². The van der Waals surface area contributed by atoms with E-state index in [9.17, 15) is 9.90 Å². The molecule has 1 saturated carbocycles. The zero-order valence-electron chi connectivity index (χ0n) is 15.3. The Morgan fingerprint density at radius 3 is 2.46 bits per heavy atom. The van der Waals surface area contributed by atoms with Crippen LogP contribution in [0.15, 0.2) is 42.5 Å². The van der Waals surface area contributed by atoms with Gasteiger partial charge >= 0.3 is 5.97 Å². The molecule has 0 heterocycles. The van der Waals surface area contributed by atoms with Crippen LogP contribution in [0, 0.1) is 3.57 Å². The summed E-state index contributed by atoms with van der Waals surface area (Å²) in [6.07, 6.45) is 4.71. The molecule has 26 heavy (non-hydrogen) atoms. The molecule has 3 nitrogen and oxygen atoms in total. The molecule has 0 radical (unpaired) electrons. The maximum Gasteiger partial charge on any atom is 0.342 e. The molecule has 0 spiro atoms. The maximum absolute atomic E-state index is 12.9. The van der Waals surface area contributed by atoms with Crippen LogP contribution in [0.4, 0.5) is 0 Å². The summed E-state index contributed by atoms with van der Waals surface area (Å²) >= 11 is 2.28. The van der Waals surface area contributed by atoms with E-state index in [0.717, 1.165) is 46.8 Å². The van der Waals surface area contributed by atoms with E-state index >= 15 is 0 Å². The highest BCUT2D eigenvalue weighted by atomic mass is 127. The highest BCUT2D eigenvalue weighted by molar-refractivity contribution is 14.1. The van der Waals surface area contributed by atoms with Crippen molar-refractivity contribution in [2.75, 3.05) is 0 Å². The molecule has 1 aliphatic carbocycles. The zero-order chi connectivity index (χ0) is 18.7. The Bertz CT molecular complexity index is 776. The molecule has 2 aromatic carbocycles. The highest BCUT2D eigenvalue weighted by Gasteiger charge is 2.40. The molecule has 0 bridgehead atoms. The summed E-state index contributed by atoms with van der Waals surface area (Å²) in [7, 11) is 0. The van der Waals surface area contributed by atoms with Crippen molar-refractivity contribution < 1.29 is 14.6 Å². The fraction of sp³-hybridized carbons (Fsp3) is 0.409. The summed E-state index contributed by atoms with van der Waals surface area (Å²) in [6.45, 7) is 4.23. The molecular formula is C22H25IO3. The molecule has 3 rings (SSSR count). The van der Waals surface area contributed by atoms with Crippen LogP contribution in [0.3, 0.4) is 0 Å². The average Bonchev–Trinajstić information content (AvgIpc) is 3.11. The fourth-order valence-corrected chi connectivity index (χ4v) is 4.00. The van der Waals surface area contributed by atoms with Crippen molar-refractivity contribution in [3.63, 3.8) is 0 Å². The maximum atomic E-state index is 12.9. The van der Waals surface area contributed by atoms with E-state index in [1.54, 1.807) is 12.1 Å². The van der Waals surface area contributed by atoms with Gasteiger partial charge in [0.15, 0.2) is 0 Å². The Morgan fingerprint density at radius 2 is 1.85 bits per heavy atom. The van der Waals surface area contributed by atoms with Crippen LogP contribution in [0.5, 0.6) is 5.75 Å². The fourth-order valence-electron chi connectivity index (χ4n) is 3.64. The van der Waals surface area contributed by atoms with Crippen LogP contribution < -0.4 is 0 Å².